The first-order chi connectivity index (χ1) is 11.7. The van der Waals surface area contributed by atoms with E-state index >= 15 is 0 Å². The molecule has 3 aromatic rings. The minimum Gasteiger partial charge on any atom is -0.497 e. The van der Waals surface area contributed by atoms with Crippen LogP contribution < -0.4 is 10.1 Å². The number of carbonyl (C=O) groups is 1. The van der Waals surface area contributed by atoms with Crippen molar-refractivity contribution in [2.24, 2.45) is 0 Å². The van der Waals surface area contributed by atoms with Gasteiger partial charge in [0.25, 0.3) is 0 Å². The van der Waals surface area contributed by atoms with Gasteiger partial charge < -0.3 is 10.1 Å². The molecule has 1 aromatic heterocycles. The van der Waals surface area contributed by atoms with E-state index in [1.54, 1.807) is 49.6 Å². The Morgan fingerprint density at radius 3 is 2.88 bits per heavy atom. The zero-order chi connectivity index (χ0) is 16.9. The van der Waals surface area contributed by atoms with Gasteiger partial charge in [-0.3, -0.25) is 4.79 Å². The first-order valence-corrected chi connectivity index (χ1v) is 7.12. The van der Waals surface area contributed by atoms with E-state index in [1.807, 2.05) is 0 Å². The monoisotopic (exact) mass is 327 g/mol. The smallest absolute Gasteiger partial charge is 0.248 e. The number of hydrogen-bond donors (Lipinski definition) is 1. The number of aromatic nitrogens is 4. The molecule has 0 saturated carbocycles. The molecule has 1 N–H and O–H groups in total. The maximum atomic E-state index is 13.7. The van der Waals surface area contributed by atoms with Crippen molar-refractivity contribution in [3.05, 3.63) is 54.3 Å². The Balaban J connectivity index is 1.68. The van der Waals surface area contributed by atoms with Crippen LogP contribution in [0.1, 0.15) is 0 Å². The quantitative estimate of drug-likeness (QED) is 0.776. The summed E-state index contributed by atoms with van der Waals surface area (Å²) in [5, 5.41) is 14.3. The number of halogens is 1. The molecule has 0 radical (unpaired) electrons. The minimum absolute atomic E-state index is 0.127. The highest BCUT2D eigenvalue weighted by Crippen LogP contribution is 2.18. The summed E-state index contributed by atoms with van der Waals surface area (Å²) in [4.78, 5) is 13.1. The molecule has 0 fully saturated rings. The van der Waals surface area contributed by atoms with E-state index < -0.39 is 5.82 Å². The predicted octanol–water partition coefficient (Wildman–Crippen LogP) is 2.13. The lowest BCUT2D eigenvalue weighted by molar-refractivity contribution is -0.117. The van der Waals surface area contributed by atoms with E-state index in [2.05, 4.69) is 20.7 Å². The summed E-state index contributed by atoms with van der Waals surface area (Å²) in [5.74, 6) is -0.0191. The lowest BCUT2D eigenvalue weighted by Gasteiger charge is -2.06. The molecule has 122 valence electrons. The Bertz CT molecular complexity index is 865. The first kappa shape index (κ1) is 15.6. The fourth-order valence-corrected chi connectivity index (χ4v) is 2.09. The van der Waals surface area contributed by atoms with Crippen LogP contribution in [0.3, 0.4) is 0 Å². The van der Waals surface area contributed by atoms with Gasteiger partial charge in [0.15, 0.2) is 0 Å². The van der Waals surface area contributed by atoms with Gasteiger partial charge in [0.2, 0.25) is 11.7 Å². The number of ether oxygens (including phenoxy) is 1. The van der Waals surface area contributed by atoms with E-state index in [-0.39, 0.29) is 23.8 Å². The molecule has 0 atom stereocenters. The van der Waals surface area contributed by atoms with Crippen molar-refractivity contribution >= 4 is 11.6 Å². The standard InChI is InChI=1S/C16H14FN5O2/c1-24-12-6-4-5-11(9-12)18-15(23)10-22-20-16(19-21-22)13-7-2-3-8-14(13)17/h2-9H,10H2,1H3,(H,18,23). The summed E-state index contributed by atoms with van der Waals surface area (Å²) in [6.07, 6.45) is 0. The Morgan fingerprint density at radius 1 is 1.25 bits per heavy atom. The van der Waals surface area contributed by atoms with Crippen LogP contribution in [0, 0.1) is 5.82 Å². The van der Waals surface area contributed by atoms with Gasteiger partial charge in [0.05, 0.1) is 12.7 Å². The fraction of sp³-hybridized carbons (Fsp3) is 0.125. The lowest BCUT2D eigenvalue weighted by atomic mass is 10.2. The highest BCUT2D eigenvalue weighted by atomic mass is 19.1. The van der Waals surface area contributed by atoms with Crippen molar-refractivity contribution in [2.45, 2.75) is 6.54 Å². The number of carbonyl (C=O) groups excluding carboxylic acids is 1. The van der Waals surface area contributed by atoms with Crippen LogP contribution in [-0.4, -0.2) is 33.2 Å². The SMILES string of the molecule is COc1cccc(NC(=O)Cn2nnc(-c3ccccc3F)n2)c1. The third-order valence-electron chi connectivity index (χ3n) is 3.21. The number of tetrazole rings is 1. The van der Waals surface area contributed by atoms with Crippen molar-refractivity contribution in [2.75, 3.05) is 12.4 Å². The van der Waals surface area contributed by atoms with Gasteiger partial charge in [-0.15, -0.1) is 10.2 Å². The number of hydrogen-bond acceptors (Lipinski definition) is 5. The van der Waals surface area contributed by atoms with Gasteiger partial charge in [0.1, 0.15) is 18.1 Å². The van der Waals surface area contributed by atoms with Gasteiger partial charge >= 0.3 is 0 Å². The molecule has 0 spiro atoms. The van der Waals surface area contributed by atoms with Crippen LogP contribution in [0.4, 0.5) is 10.1 Å². The van der Waals surface area contributed by atoms with Crippen LogP contribution in [0.2, 0.25) is 0 Å². The maximum absolute atomic E-state index is 13.7. The first-order valence-electron chi connectivity index (χ1n) is 7.12. The third kappa shape index (κ3) is 3.54. The summed E-state index contributed by atoms with van der Waals surface area (Å²) in [6, 6.07) is 13.1. The highest BCUT2D eigenvalue weighted by molar-refractivity contribution is 5.90. The van der Waals surface area contributed by atoms with Crippen LogP contribution in [0.15, 0.2) is 48.5 Å². The van der Waals surface area contributed by atoms with Gasteiger partial charge in [-0.1, -0.05) is 18.2 Å². The summed E-state index contributed by atoms with van der Waals surface area (Å²) >= 11 is 0. The summed E-state index contributed by atoms with van der Waals surface area (Å²) in [6.45, 7) is -0.140. The molecule has 0 saturated heterocycles. The van der Waals surface area contributed by atoms with E-state index in [1.165, 1.54) is 6.07 Å². The van der Waals surface area contributed by atoms with E-state index in [0.29, 0.717) is 11.4 Å². The van der Waals surface area contributed by atoms with Crippen LogP contribution >= 0.6 is 0 Å². The topological polar surface area (TPSA) is 81.9 Å². The molecule has 2 aromatic carbocycles. The Labute approximate surface area is 137 Å². The van der Waals surface area contributed by atoms with Crippen molar-refractivity contribution in [3.8, 4) is 17.1 Å². The highest BCUT2D eigenvalue weighted by Gasteiger charge is 2.12. The molecule has 7 nitrogen and oxygen atoms in total. The molecule has 0 aliphatic rings. The normalized spacial score (nSPS) is 10.4. The number of methoxy groups -OCH3 is 1. The maximum Gasteiger partial charge on any atom is 0.248 e. The van der Waals surface area contributed by atoms with Crippen molar-refractivity contribution < 1.29 is 13.9 Å². The second kappa shape index (κ2) is 6.86. The second-order valence-electron chi connectivity index (χ2n) is 4.90. The molecular formula is C16H14FN5O2. The number of amides is 1. The van der Waals surface area contributed by atoms with Gasteiger partial charge in [-0.25, -0.2) is 4.39 Å². The number of anilines is 1. The lowest BCUT2D eigenvalue weighted by Crippen LogP contribution is -2.20. The van der Waals surface area contributed by atoms with E-state index in [9.17, 15) is 9.18 Å². The van der Waals surface area contributed by atoms with Crippen molar-refractivity contribution in [1.82, 2.24) is 20.2 Å². The van der Waals surface area contributed by atoms with Crippen molar-refractivity contribution in [1.29, 1.82) is 0 Å². The zero-order valence-corrected chi connectivity index (χ0v) is 12.8. The Kier molecular flexibility index (Phi) is 4.46. The molecule has 1 amide bonds. The molecule has 0 bridgehead atoms. The average molecular weight is 327 g/mol. The summed E-state index contributed by atoms with van der Waals surface area (Å²) < 4.78 is 18.8. The van der Waals surface area contributed by atoms with E-state index in [0.717, 1.165) is 4.80 Å². The number of benzene rings is 2. The van der Waals surface area contributed by atoms with Crippen LogP contribution in [0.5, 0.6) is 5.75 Å². The van der Waals surface area contributed by atoms with Gasteiger partial charge in [0, 0.05) is 11.8 Å². The average Bonchev–Trinajstić information content (AvgIpc) is 3.03. The van der Waals surface area contributed by atoms with E-state index in [4.69, 9.17) is 4.74 Å². The number of nitrogens with zero attached hydrogens (tertiary/aromatic N) is 4. The second-order valence-corrected chi connectivity index (χ2v) is 4.90. The molecule has 24 heavy (non-hydrogen) atoms. The molecular weight excluding hydrogens is 313 g/mol. The molecule has 0 aliphatic heterocycles. The number of rotatable bonds is 5. The van der Waals surface area contributed by atoms with Crippen molar-refractivity contribution in [3.63, 3.8) is 0 Å². The molecule has 3 rings (SSSR count). The van der Waals surface area contributed by atoms with Crippen LogP contribution in [0.25, 0.3) is 11.4 Å². The molecule has 8 heteroatoms. The Morgan fingerprint density at radius 2 is 2.08 bits per heavy atom. The van der Waals surface area contributed by atoms with Crippen LogP contribution in [-0.2, 0) is 11.3 Å². The third-order valence-corrected chi connectivity index (χ3v) is 3.21. The minimum atomic E-state index is -0.446. The summed E-state index contributed by atoms with van der Waals surface area (Å²) in [7, 11) is 1.55. The molecule has 1 heterocycles. The molecule has 0 aliphatic carbocycles. The number of nitrogens with one attached hydrogen (secondary N) is 1. The molecule has 0 unspecified atom stereocenters. The largest absolute Gasteiger partial charge is 0.497 e. The fourth-order valence-electron chi connectivity index (χ4n) is 2.09. The zero-order valence-electron chi connectivity index (χ0n) is 12.8. The van der Waals surface area contributed by atoms with Gasteiger partial charge in [-0.2, -0.15) is 4.80 Å². The Hall–Kier alpha value is -3.29. The van der Waals surface area contributed by atoms with Gasteiger partial charge in [-0.05, 0) is 29.5 Å². The summed E-state index contributed by atoms with van der Waals surface area (Å²) in [5.41, 5.74) is 0.825. The predicted molar refractivity (Wildman–Crippen MR) is 84.8 cm³/mol.